The van der Waals surface area contributed by atoms with Crippen molar-refractivity contribution in [3.63, 3.8) is 0 Å². The second kappa shape index (κ2) is 4.25. The monoisotopic (exact) mass is 245 g/mol. The summed E-state index contributed by atoms with van der Waals surface area (Å²) in [7, 11) is -1.40. The molecule has 5 heteroatoms. The first-order valence-electron chi connectivity index (χ1n) is 5.64. The van der Waals surface area contributed by atoms with E-state index in [9.17, 15) is 10.0 Å². The van der Waals surface area contributed by atoms with Crippen molar-refractivity contribution in [1.29, 1.82) is 0 Å². The Hall–Kier alpha value is -1.17. The lowest BCUT2D eigenvalue weighted by Gasteiger charge is -2.07. The summed E-state index contributed by atoms with van der Waals surface area (Å²) in [6.07, 6.45) is 4.21. The molecule has 1 aliphatic rings. The molecule has 1 aromatic heterocycles. The average Bonchev–Trinajstić information content (AvgIpc) is 3.04. The smallest absolute Gasteiger partial charge is 0.423 e. The van der Waals surface area contributed by atoms with Gasteiger partial charge in [0.2, 0.25) is 0 Å². The Bertz CT molecular complexity index is 503. The van der Waals surface area contributed by atoms with Gasteiger partial charge in [0.15, 0.2) is 0 Å². The van der Waals surface area contributed by atoms with Crippen LogP contribution >= 0.6 is 11.3 Å². The van der Waals surface area contributed by atoms with E-state index < -0.39 is 7.12 Å². The van der Waals surface area contributed by atoms with Crippen molar-refractivity contribution in [1.82, 2.24) is 4.98 Å². The SMILES string of the molecule is OB(O)c1cc(-c2cncs2)cc(C2CC2)c1. The van der Waals surface area contributed by atoms with Crippen LogP contribution in [0.5, 0.6) is 0 Å². The van der Waals surface area contributed by atoms with Crippen molar-refractivity contribution in [2.24, 2.45) is 0 Å². The zero-order valence-corrected chi connectivity index (χ0v) is 10.0. The van der Waals surface area contributed by atoms with E-state index in [1.54, 1.807) is 16.8 Å². The fraction of sp³-hybridized carbons (Fsp3) is 0.250. The number of benzene rings is 1. The zero-order chi connectivity index (χ0) is 11.8. The highest BCUT2D eigenvalue weighted by atomic mass is 32.1. The Morgan fingerprint density at radius 2 is 2.06 bits per heavy atom. The van der Waals surface area contributed by atoms with Crippen molar-refractivity contribution in [2.75, 3.05) is 0 Å². The minimum atomic E-state index is -1.40. The van der Waals surface area contributed by atoms with Crippen molar-refractivity contribution in [3.05, 3.63) is 35.5 Å². The number of hydrogen-bond acceptors (Lipinski definition) is 4. The zero-order valence-electron chi connectivity index (χ0n) is 9.21. The maximum absolute atomic E-state index is 9.32. The van der Waals surface area contributed by atoms with Crippen LogP contribution in [-0.2, 0) is 0 Å². The van der Waals surface area contributed by atoms with E-state index in [-0.39, 0.29) is 0 Å². The van der Waals surface area contributed by atoms with Crippen LogP contribution in [-0.4, -0.2) is 22.2 Å². The molecule has 86 valence electrons. The van der Waals surface area contributed by atoms with Gasteiger partial charge in [-0.15, -0.1) is 11.3 Å². The van der Waals surface area contributed by atoms with Gasteiger partial charge in [-0.05, 0) is 35.3 Å². The largest absolute Gasteiger partial charge is 0.488 e. The molecule has 0 bridgehead atoms. The van der Waals surface area contributed by atoms with Gasteiger partial charge in [0, 0.05) is 6.20 Å². The number of thiazole rings is 1. The standard InChI is InChI=1S/C12H12BNO2S/c15-13(16)11-4-9(8-1-2-8)3-10(5-11)12-6-14-7-17-12/h3-8,15-16H,1-2H2. The van der Waals surface area contributed by atoms with Gasteiger partial charge in [-0.2, -0.15) is 0 Å². The van der Waals surface area contributed by atoms with Crippen LogP contribution < -0.4 is 5.46 Å². The molecule has 1 saturated carbocycles. The third-order valence-corrected chi connectivity index (χ3v) is 3.86. The van der Waals surface area contributed by atoms with Crippen LogP contribution in [0.15, 0.2) is 29.9 Å². The Kier molecular flexibility index (Phi) is 2.74. The van der Waals surface area contributed by atoms with Crippen LogP contribution in [0.3, 0.4) is 0 Å². The van der Waals surface area contributed by atoms with E-state index in [1.165, 1.54) is 18.4 Å². The lowest BCUT2D eigenvalue weighted by Crippen LogP contribution is -2.30. The number of aromatic nitrogens is 1. The second-order valence-electron chi connectivity index (χ2n) is 4.40. The molecule has 0 atom stereocenters. The van der Waals surface area contributed by atoms with Gasteiger partial charge in [-0.3, -0.25) is 4.98 Å². The molecule has 1 aromatic carbocycles. The molecular weight excluding hydrogens is 233 g/mol. The van der Waals surface area contributed by atoms with E-state index in [2.05, 4.69) is 11.1 Å². The van der Waals surface area contributed by atoms with E-state index in [1.807, 2.05) is 18.3 Å². The van der Waals surface area contributed by atoms with Crippen LogP contribution in [0.1, 0.15) is 24.3 Å². The molecule has 1 heterocycles. The molecule has 2 aromatic rings. The second-order valence-corrected chi connectivity index (χ2v) is 5.29. The molecule has 0 unspecified atom stereocenters. The quantitative estimate of drug-likeness (QED) is 0.803. The van der Waals surface area contributed by atoms with Crippen molar-refractivity contribution in [2.45, 2.75) is 18.8 Å². The fourth-order valence-electron chi connectivity index (χ4n) is 1.98. The van der Waals surface area contributed by atoms with Crippen molar-refractivity contribution in [3.8, 4) is 10.4 Å². The number of rotatable bonds is 3. The summed E-state index contributed by atoms with van der Waals surface area (Å²) in [5.41, 5.74) is 4.59. The fourth-order valence-corrected chi connectivity index (χ4v) is 2.59. The topological polar surface area (TPSA) is 53.4 Å². The van der Waals surface area contributed by atoms with E-state index in [4.69, 9.17) is 0 Å². The Morgan fingerprint density at radius 3 is 2.65 bits per heavy atom. The van der Waals surface area contributed by atoms with E-state index in [0.29, 0.717) is 11.4 Å². The minimum absolute atomic E-state index is 0.567. The van der Waals surface area contributed by atoms with Crippen LogP contribution in [0.25, 0.3) is 10.4 Å². The molecule has 3 nitrogen and oxygen atoms in total. The van der Waals surface area contributed by atoms with Gasteiger partial charge < -0.3 is 10.0 Å². The number of nitrogens with zero attached hydrogens (tertiary/aromatic N) is 1. The summed E-state index contributed by atoms with van der Waals surface area (Å²) in [6.45, 7) is 0. The highest BCUT2D eigenvalue weighted by molar-refractivity contribution is 7.13. The maximum Gasteiger partial charge on any atom is 0.488 e. The van der Waals surface area contributed by atoms with Gasteiger partial charge in [-0.25, -0.2) is 0 Å². The van der Waals surface area contributed by atoms with Crippen LogP contribution in [0.4, 0.5) is 0 Å². The normalized spacial score (nSPS) is 14.9. The lowest BCUT2D eigenvalue weighted by atomic mass is 9.78. The maximum atomic E-state index is 9.32. The average molecular weight is 245 g/mol. The molecule has 0 spiro atoms. The lowest BCUT2D eigenvalue weighted by molar-refractivity contribution is 0.425. The highest BCUT2D eigenvalue weighted by Gasteiger charge is 2.25. The third kappa shape index (κ3) is 2.27. The predicted molar refractivity (Wildman–Crippen MR) is 69.4 cm³/mol. The molecule has 3 rings (SSSR count). The Balaban J connectivity index is 2.08. The molecular formula is C12H12BNO2S. The molecule has 0 saturated heterocycles. The molecule has 17 heavy (non-hydrogen) atoms. The van der Waals surface area contributed by atoms with Crippen LogP contribution in [0, 0.1) is 0 Å². The van der Waals surface area contributed by atoms with Gasteiger partial charge >= 0.3 is 7.12 Å². The van der Waals surface area contributed by atoms with E-state index in [0.717, 1.165) is 10.4 Å². The van der Waals surface area contributed by atoms with E-state index >= 15 is 0 Å². The van der Waals surface area contributed by atoms with Crippen LogP contribution in [0.2, 0.25) is 0 Å². The summed E-state index contributed by atoms with van der Waals surface area (Å²) in [5, 5.41) is 18.6. The summed E-state index contributed by atoms with van der Waals surface area (Å²) >= 11 is 1.56. The van der Waals surface area contributed by atoms with Crippen molar-refractivity contribution < 1.29 is 10.0 Å². The number of hydrogen-bond donors (Lipinski definition) is 2. The molecule has 2 N–H and O–H groups in total. The summed E-state index contributed by atoms with van der Waals surface area (Å²) in [6, 6.07) is 5.86. The predicted octanol–water partition coefficient (Wildman–Crippen LogP) is 1.37. The molecule has 0 amide bonds. The first kappa shape index (κ1) is 11.0. The molecule has 0 radical (unpaired) electrons. The minimum Gasteiger partial charge on any atom is -0.423 e. The summed E-state index contributed by atoms with van der Waals surface area (Å²) in [5.74, 6) is 0.598. The first-order chi connectivity index (χ1) is 8.24. The Morgan fingerprint density at radius 1 is 1.24 bits per heavy atom. The summed E-state index contributed by atoms with van der Waals surface area (Å²) < 4.78 is 0. The summed E-state index contributed by atoms with van der Waals surface area (Å²) in [4.78, 5) is 5.12. The third-order valence-electron chi connectivity index (χ3n) is 3.04. The van der Waals surface area contributed by atoms with Gasteiger partial charge in [-0.1, -0.05) is 18.2 Å². The molecule has 1 fully saturated rings. The van der Waals surface area contributed by atoms with Gasteiger partial charge in [0.05, 0.1) is 10.4 Å². The van der Waals surface area contributed by atoms with Gasteiger partial charge in [0.1, 0.15) is 0 Å². The van der Waals surface area contributed by atoms with Crippen molar-refractivity contribution >= 4 is 23.9 Å². The molecule has 1 aliphatic carbocycles. The first-order valence-corrected chi connectivity index (χ1v) is 6.52. The highest BCUT2D eigenvalue weighted by Crippen LogP contribution is 2.41. The molecule has 0 aliphatic heterocycles. The van der Waals surface area contributed by atoms with Gasteiger partial charge in [0.25, 0.3) is 0 Å². The Labute approximate surface area is 104 Å².